The van der Waals surface area contributed by atoms with Gasteiger partial charge in [-0.1, -0.05) is 308 Å². The van der Waals surface area contributed by atoms with Crippen molar-refractivity contribution in [2.75, 3.05) is 47.5 Å². The van der Waals surface area contributed by atoms with Crippen molar-refractivity contribution in [1.82, 2.24) is 0 Å². The second-order valence-electron chi connectivity index (χ2n) is 24.5. The lowest BCUT2D eigenvalue weighted by Gasteiger charge is -2.25. The van der Waals surface area contributed by atoms with Crippen LogP contribution in [-0.2, 0) is 33.3 Å². The van der Waals surface area contributed by atoms with Gasteiger partial charge in [0.2, 0.25) is 0 Å². The molecule has 0 heterocycles. The van der Waals surface area contributed by atoms with Crippen molar-refractivity contribution in [3.05, 3.63) is 24.3 Å². The van der Waals surface area contributed by atoms with Gasteiger partial charge in [-0.2, -0.15) is 0 Å². The molecule has 0 saturated heterocycles. The summed E-state index contributed by atoms with van der Waals surface area (Å²) in [6, 6.07) is 0. The normalized spacial score (nSPS) is 12.8. The number of carboxylic acids is 1. The summed E-state index contributed by atoms with van der Waals surface area (Å²) in [5.74, 6) is -2.00. The molecular weight excluding hydrogens is 971 g/mol. The summed E-state index contributed by atoms with van der Waals surface area (Å²) in [4.78, 5) is 37.4. The predicted molar refractivity (Wildman–Crippen MR) is 332 cm³/mol. The van der Waals surface area contributed by atoms with Crippen LogP contribution >= 0.6 is 0 Å². The quantitative estimate of drug-likeness (QED) is 0.0211. The molecule has 9 heteroatoms. The lowest BCUT2D eigenvalue weighted by atomic mass is 10.0. The second-order valence-corrected chi connectivity index (χ2v) is 24.5. The highest BCUT2D eigenvalue weighted by molar-refractivity contribution is 5.71. The molecule has 0 rings (SSSR count). The van der Waals surface area contributed by atoms with E-state index in [2.05, 4.69) is 38.2 Å². The van der Waals surface area contributed by atoms with Crippen molar-refractivity contribution in [1.29, 1.82) is 0 Å². The van der Waals surface area contributed by atoms with Gasteiger partial charge in [-0.3, -0.25) is 9.59 Å². The summed E-state index contributed by atoms with van der Waals surface area (Å²) in [7, 11) is 5.97. The van der Waals surface area contributed by atoms with Gasteiger partial charge in [0.15, 0.2) is 6.10 Å². The molecule has 0 aromatic heterocycles. The number of carboxylic acid groups (broad SMARTS) is 1. The number of rotatable bonds is 64. The Bertz CT molecular complexity index is 1330. The Kier molecular flexibility index (Phi) is 59.1. The SMILES string of the molecule is CCCCC/C=C\C/C=C\CCCCCCCC(=O)OC(COC(=O)CCCCCCCCCCCCCCCCCCCCCCCCCCCCCCCCCCCCCCCC)COC(OCC[N+](C)(C)C)C(=O)O. The Morgan fingerprint density at radius 3 is 1.04 bits per heavy atom. The summed E-state index contributed by atoms with van der Waals surface area (Å²) in [5.41, 5.74) is 0. The Balaban J connectivity index is 3.91. The fourth-order valence-corrected chi connectivity index (χ4v) is 10.2. The van der Waals surface area contributed by atoms with Crippen LogP contribution in [0, 0.1) is 0 Å². The highest BCUT2D eigenvalue weighted by Gasteiger charge is 2.25. The van der Waals surface area contributed by atoms with Gasteiger partial charge >= 0.3 is 17.9 Å². The third-order valence-corrected chi connectivity index (χ3v) is 15.5. The molecule has 0 bridgehead atoms. The summed E-state index contributed by atoms with van der Waals surface area (Å²) >= 11 is 0. The first kappa shape index (κ1) is 75.8. The topological polar surface area (TPSA) is 108 Å². The monoisotopic (exact) mass is 1100 g/mol. The van der Waals surface area contributed by atoms with Crippen LogP contribution in [0.2, 0.25) is 0 Å². The lowest BCUT2D eigenvalue weighted by Crippen LogP contribution is -2.40. The minimum Gasteiger partial charge on any atom is -0.477 e. The van der Waals surface area contributed by atoms with Crippen LogP contribution in [0.5, 0.6) is 0 Å². The Labute approximate surface area is 484 Å². The van der Waals surface area contributed by atoms with E-state index in [1.165, 1.54) is 250 Å². The average Bonchev–Trinajstić information content (AvgIpc) is 3.41. The number of quaternary nitrogens is 1. The summed E-state index contributed by atoms with van der Waals surface area (Å²) in [6.07, 6.45) is 71.8. The molecule has 0 amide bonds. The molecule has 2 atom stereocenters. The molecule has 0 saturated carbocycles. The molecule has 0 aliphatic carbocycles. The molecule has 0 spiro atoms. The van der Waals surface area contributed by atoms with Crippen molar-refractivity contribution in [3.8, 4) is 0 Å². The highest BCUT2D eigenvalue weighted by atomic mass is 16.7. The standard InChI is InChI=1S/C69H131NO8/c1-6-8-10-12-14-16-18-20-22-23-24-25-26-27-28-29-30-31-32-33-34-35-36-37-38-39-40-41-42-43-44-46-47-49-51-53-55-57-59-66(71)76-63-65(64-77-69(68(73)74)75-62-61-70(3,4)5)78-67(72)60-58-56-54-52-50-48-45-21-19-17-15-13-11-9-7-2/h15,17,21,45,65,69H,6-14,16,18-20,22-44,46-64H2,1-5H3/p+1/b17-15-,45-21-. The zero-order valence-corrected chi connectivity index (χ0v) is 52.6. The number of esters is 2. The molecule has 1 N–H and O–H groups in total. The summed E-state index contributed by atoms with van der Waals surface area (Å²) in [5, 5.41) is 9.71. The molecular formula is C69H132NO8+. The number of hydrogen-bond donors (Lipinski definition) is 1. The van der Waals surface area contributed by atoms with Crippen LogP contribution in [0.15, 0.2) is 24.3 Å². The third kappa shape index (κ3) is 61.4. The first-order valence-corrected chi connectivity index (χ1v) is 34.0. The van der Waals surface area contributed by atoms with Crippen LogP contribution < -0.4 is 0 Å². The van der Waals surface area contributed by atoms with Gasteiger partial charge in [-0.15, -0.1) is 0 Å². The predicted octanol–water partition coefficient (Wildman–Crippen LogP) is 20.6. The molecule has 78 heavy (non-hydrogen) atoms. The van der Waals surface area contributed by atoms with Gasteiger partial charge in [-0.25, -0.2) is 4.79 Å². The maximum absolute atomic E-state index is 12.8. The van der Waals surface area contributed by atoms with E-state index in [0.29, 0.717) is 23.9 Å². The minimum absolute atomic E-state index is 0.183. The van der Waals surface area contributed by atoms with Crippen molar-refractivity contribution in [3.63, 3.8) is 0 Å². The summed E-state index contributed by atoms with van der Waals surface area (Å²) < 4.78 is 22.9. The number of nitrogens with zero attached hydrogens (tertiary/aromatic N) is 1. The molecule has 0 aromatic carbocycles. The van der Waals surface area contributed by atoms with Gasteiger partial charge < -0.3 is 28.5 Å². The van der Waals surface area contributed by atoms with Gasteiger partial charge in [0.05, 0.1) is 34.4 Å². The third-order valence-electron chi connectivity index (χ3n) is 15.5. The minimum atomic E-state index is -1.51. The Morgan fingerprint density at radius 1 is 0.385 bits per heavy atom. The molecule has 0 radical (unpaired) electrons. The zero-order valence-electron chi connectivity index (χ0n) is 52.6. The van der Waals surface area contributed by atoms with E-state index in [4.69, 9.17) is 18.9 Å². The number of hydrogen-bond acceptors (Lipinski definition) is 7. The first-order chi connectivity index (χ1) is 38.1. The van der Waals surface area contributed by atoms with Gasteiger partial charge in [0.25, 0.3) is 6.29 Å². The van der Waals surface area contributed by atoms with Crippen LogP contribution in [0.3, 0.4) is 0 Å². The number of carbonyl (C=O) groups excluding carboxylic acids is 2. The van der Waals surface area contributed by atoms with Gasteiger partial charge in [0, 0.05) is 12.8 Å². The van der Waals surface area contributed by atoms with Crippen molar-refractivity contribution in [2.45, 2.75) is 354 Å². The van der Waals surface area contributed by atoms with E-state index in [-0.39, 0.29) is 32.2 Å². The smallest absolute Gasteiger partial charge is 0.361 e. The number of allylic oxidation sites excluding steroid dienone is 4. The molecule has 0 fully saturated rings. The number of unbranched alkanes of at least 4 members (excludes halogenated alkanes) is 45. The van der Waals surface area contributed by atoms with E-state index >= 15 is 0 Å². The molecule has 2 unspecified atom stereocenters. The van der Waals surface area contributed by atoms with Crippen molar-refractivity contribution >= 4 is 17.9 Å². The Morgan fingerprint density at radius 2 is 0.692 bits per heavy atom. The van der Waals surface area contributed by atoms with E-state index in [1.54, 1.807) is 0 Å². The number of aliphatic carboxylic acids is 1. The van der Waals surface area contributed by atoms with E-state index in [0.717, 1.165) is 57.8 Å². The first-order valence-electron chi connectivity index (χ1n) is 34.0. The van der Waals surface area contributed by atoms with Gasteiger partial charge in [0.1, 0.15) is 13.2 Å². The molecule has 0 aliphatic heterocycles. The van der Waals surface area contributed by atoms with Gasteiger partial charge in [-0.05, 0) is 44.9 Å². The zero-order chi connectivity index (χ0) is 56.9. The van der Waals surface area contributed by atoms with E-state index < -0.39 is 24.3 Å². The number of carbonyl (C=O) groups is 3. The fourth-order valence-electron chi connectivity index (χ4n) is 10.2. The molecule has 460 valence electrons. The summed E-state index contributed by atoms with van der Waals surface area (Å²) in [6.45, 7) is 4.88. The maximum atomic E-state index is 12.8. The van der Waals surface area contributed by atoms with Crippen molar-refractivity contribution < 1.29 is 42.9 Å². The van der Waals surface area contributed by atoms with E-state index in [9.17, 15) is 19.5 Å². The fraction of sp³-hybridized carbons (Fsp3) is 0.899. The second kappa shape index (κ2) is 60.9. The molecule has 9 nitrogen and oxygen atoms in total. The van der Waals surface area contributed by atoms with E-state index in [1.807, 2.05) is 21.1 Å². The average molecular weight is 1100 g/mol. The number of likely N-dealkylation sites (N-methyl/N-ethyl adjacent to an activating group) is 1. The van der Waals surface area contributed by atoms with Crippen molar-refractivity contribution in [2.24, 2.45) is 0 Å². The van der Waals surface area contributed by atoms with Crippen LogP contribution in [0.25, 0.3) is 0 Å². The maximum Gasteiger partial charge on any atom is 0.361 e. The highest BCUT2D eigenvalue weighted by Crippen LogP contribution is 2.19. The largest absolute Gasteiger partial charge is 0.477 e. The molecule has 0 aliphatic rings. The van der Waals surface area contributed by atoms with Crippen LogP contribution in [0.4, 0.5) is 0 Å². The molecule has 0 aromatic rings. The number of ether oxygens (including phenoxy) is 4. The Hall–Kier alpha value is -2.23. The van der Waals surface area contributed by atoms with Crippen LogP contribution in [0.1, 0.15) is 341 Å². The lowest BCUT2D eigenvalue weighted by molar-refractivity contribution is -0.870. The van der Waals surface area contributed by atoms with Crippen LogP contribution in [-0.4, -0.2) is 87.4 Å².